The minimum atomic E-state index is -0.0858. The van der Waals surface area contributed by atoms with Crippen LogP contribution in [0.2, 0.25) is 0 Å². The molecule has 3 aromatic rings. The fourth-order valence-corrected chi connectivity index (χ4v) is 3.70. The van der Waals surface area contributed by atoms with Crippen LogP contribution in [0.4, 0.5) is 5.82 Å². The zero-order valence-electron chi connectivity index (χ0n) is 17.9. The van der Waals surface area contributed by atoms with E-state index in [0.717, 1.165) is 36.3 Å². The number of carbonyl (C=O) groups is 1. The summed E-state index contributed by atoms with van der Waals surface area (Å²) in [6.45, 7) is 4.38. The molecule has 1 atom stereocenters. The van der Waals surface area contributed by atoms with E-state index in [2.05, 4.69) is 36.5 Å². The number of nitrogens with zero attached hydrogens (tertiary/aromatic N) is 2. The highest BCUT2D eigenvalue weighted by Crippen LogP contribution is 2.24. The largest absolute Gasteiger partial charge is 0.378 e. The van der Waals surface area contributed by atoms with E-state index in [9.17, 15) is 4.79 Å². The lowest BCUT2D eigenvalue weighted by Crippen LogP contribution is -2.20. The Kier molecular flexibility index (Phi) is 7.12. The van der Waals surface area contributed by atoms with Crippen molar-refractivity contribution in [2.45, 2.75) is 38.8 Å². The van der Waals surface area contributed by atoms with Gasteiger partial charge in [0.05, 0.1) is 38.0 Å². The topological polar surface area (TPSA) is 65.4 Å². The normalized spacial score (nSPS) is 15.8. The predicted octanol–water partition coefficient (Wildman–Crippen LogP) is 4.43. The molecule has 1 aromatic heterocycles. The molecule has 1 N–H and O–H groups in total. The third-order valence-corrected chi connectivity index (χ3v) is 5.34. The number of anilines is 1. The van der Waals surface area contributed by atoms with Gasteiger partial charge in [0.2, 0.25) is 5.91 Å². The van der Waals surface area contributed by atoms with Gasteiger partial charge in [-0.2, -0.15) is 5.10 Å². The van der Waals surface area contributed by atoms with E-state index in [0.29, 0.717) is 32.0 Å². The molecule has 1 fully saturated rings. The summed E-state index contributed by atoms with van der Waals surface area (Å²) in [7, 11) is 0. The lowest BCUT2D eigenvalue weighted by Gasteiger charge is -2.11. The number of rotatable bonds is 9. The summed E-state index contributed by atoms with van der Waals surface area (Å²) in [5.41, 5.74) is 4.16. The Balaban J connectivity index is 1.43. The maximum atomic E-state index is 12.5. The summed E-state index contributed by atoms with van der Waals surface area (Å²) in [6, 6.07) is 20.2. The molecule has 4 rings (SSSR count). The van der Waals surface area contributed by atoms with Gasteiger partial charge in [0, 0.05) is 18.2 Å². The number of carbonyl (C=O) groups excluding carboxylic acids is 1. The van der Waals surface area contributed by atoms with Crippen LogP contribution < -0.4 is 5.32 Å². The van der Waals surface area contributed by atoms with Crippen LogP contribution in [0, 0.1) is 6.92 Å². The molecule has 1 aliphatic heterocycles. The van der Waals surface area contributed by atoms with Gasteiger partial charge < -0.3 is 14.8 Å². The first-order chi connectivity index (χ1) is 15.2. The summed E-state index contributed by atoms with van der Waals surface area (Å²) in [6.07, 6.45) is 2.59. The molecule has 31 heavy (non-hydrogen) atoms. The SMILES string of the molecule is Cc1cccc(-c2cc(NC(=O)CCOCC3CCCO3)n(Cc3ccccc3)n2)c1. The van der Waals surface area contributed by atoms with Gasteiger partial charge in [-0.3, -0.25) is 4.79 Å². The van der Waals surface area contributed by atoms with Crippen LogP contribution >= 0.6 is 0 Å². The number of benzene rings is 2. The van der Waals surface area contributed by atoms with Gasteiger partial charge in [0.1, 0.15) is 5.82 Å². The average molecular weight is 420 g/mol. The Morgan fingerprint density at radius 1 is 1.19 bits per heavy atom. The standard InChI is InChI=1S/C25H29N3O3/c1-19-7-5-10-21(15-19)23-16-24(28(27-23)17-20-8-3-2-4-9-20)26-25(29)12-14-30-18-22-11-6-13-31-22/h2-5,7-10,15-16,22H,6,11-14,17-18H2,1H3,(H,26,29). The third kappa shape index (κ3) is 6.03. The van der Waals surface area contributed by atoms with Crippen molar-refractivity contribution in [1.82, 2.24) is 9.78 Å². The monoisotopic (exact) mass is 419 g/mol. The van der Waals surface area contributed by atoms with Crippen molar-refractivity contribution >= 4 is 11.7 Å². The van der Waals surface area contributed by atoms with Gasteiger partial charge in [-0.1, -0.05) is 54.1 Å². The van der Waals surface area contributed by atoms with Crippen molar-refractivity contribution in [1.29, 1.82) is 0 Å². The van der Waals surface area contributed by atoms with Gasteiger partial charge in [0.15, 0.2) is 0 Å². The summed E-state index contributed by atoms with van der Waals surface area (Å²) in [5.74, 6) is 0.599. The number of hydrogen-bond acceptors (Lipinski definition) is 4. The van der Waals surface area contributed by atoms with Crippen LogP contribution in [0.5, 0.6) is 0 Å². The molecule has 1 unspecified atom stereocenters. The summed E-state index contributed by atoms with van der Waals surface area (Å²) < 4.78 is 13.0. The number of nitrogens with one attached hydrogen (secondary N) is 1. The third-order valence-electron chi connectivity index (χ3n) is 5.34. The Bertz CT molecular complexity index is 994. The van der Waals surface area contributed by atoms with Gasteiger partial charge in [-0.15, -0.1) is 0 Å². The van der Waals surface area contributed by atoms with Gasteiger partial charge in [0.25, 0.3) is 0 Å². The van der Waals surface area contributed by atoms with Crippen molar-refractivity contribution in [3.05, 3.63) is 71.8 Å². The van der Waals surface area contributed by atoms with Crippen LogP contribution in [-0.4, -0.2) is 41.6 Å². The van der Waals surface area contributed by atoms with E-state index in [-0.39, 0.29) is 12.0 Å². The summed E-state index contributed by atoms with van der Waals surface area (Å²) >= 11 is 0. The van der Waals surface area contributed by atoms with E-state index in [1.807, 2.05) is 41.1 Å². The van der Waals surface area contributed by atoms with Crippen LogP contribution in [0.15, 0.2) is 60.7 Å². The lowest BCUT2D eigenvalue weighted by molar-refractivity contribution is -0.117. The first kappa shape index (κ1) is 21.3. The smallest absolute Gasteiger partial charge is 0.227 e. The molecule has 0 radical (unpaired) electrons. The Morgan fingerprint density at radius 3 is 2.84 bits per heavy atom. The first-order valence-electron chi connectivity index (χ1n) is 10.9. The maximum absolute atomic E-state index is 12.5. The number of ether oxygens (including phenoxy) is 2. The molecule has 2 aromatic carbocycles. The van der Waals surface area contributed by atoms with Crippen molar-refractivity contribution in [3.63, 3.8) is 0 Å². The predicted molar refractivity (Wildman–Crippen MR) is 121 cm³/mol. The van der Waals surface area contributed by atoms with Crippen LogP contribution in [0.1, 0.15) is 30.4 Å². The fraction of sp³-hybridized carbons (Fsp3) is 0.360. The van der Waals surface area contributed by atoms with Crippen LogP contribution in [0.3, 0.4) is 0 Å². The molecule has 1 aliphatic rings. The molecular formula is C25H29N3O3. The highest BCUT2D eigenvalue weighted by Gasteiger charge is 2.16. The van der Waals surface area contributed by atoms with Crippen LogP contribution in [0.25, 0.3) is 11.3 Å². The van der Waals surface area contributed by atoms with E-state index in [1.54, 1.807) is 0 Å². The number of hydrogen-bond donors (Lipinski definition) is 1. The van der Waals surface area contributed by atoms with E-state index in [1.165, 1.54) is 5.56 Å². The molecule has 6 nitrogen and oxygen atoms in total. The zero-order valence-corrected chi connectivity index (χ0v) is 17.9. The van der Waals surface area contributed by atoms with Crippen molar-refractivity contribution < 1.29 is 14.3 Å². The molecule has 6 heteroatoms. The lowest BCUT2D eigenvalue weighted by atomic mass is 10.1. The molecule has 0 saturated carbocycles. The second-order valence-electron chi connectivity index (χ2n) is 7.94. The first-order valence-corrected chi connectivity index (χ1v) is 10.9. The van der Waals surface area contributed by atoms with Gasteiger partial charge >= 0.3 is 0 Å². The quantitative estimate of drug-likeness (QED) is 0.521. The van der Waals surface area contributed by atoms with Gasteiger partial charge in [-0.05, 0) is 31.4 Å². The molecule has 1 amide bonds. The van der Waals surface area contributed by atoms with E-state index in [4.69, 9.17) is 14.6 Å². The molecule has 2 heterocycles. The second kappa shape index (κ2) is 10.4. The van der Waals surface area contributed by atoms with E-state index < -0.39 is 0 Å². The molecule has 0 bridgehead atoms. The zero-order chi connectivity index (χ0) is 21.5. The number of amides is 1. The molecule has 0 aliphatic carbocycles. The maximum Gasteiger partial charge on any atom is 0.227 e. The Labute approximate surface area is 183 Å². The van der Waals surface area contributed by atoms with E-state index >= 15 is 0 Å². The second-order valence-corrected chi connectivity index (χ2v) is 7.94. The van der Waals surface area contributed by atoms with Gasteiger partial charge in [-0.25, -0.2) is 4.68 Å². The van der Waals surface area contributed by atoms with Crippen molar-refractivity contribution in [2.24, 2.45) is 0 Å². The van der Waals surface area contributed by atoms with Crippen LogP contribution in [-0.2, 0) is 20.8 Å². The highest BCUT2D eigenvalue weighted by atomic mass is 16.5. The fourth-order valence-electron chi connectivity index (χ4n) is 3.70. The summed E-state index contributed by atoms with van der Waals surface area (Å²) in [4.78, 5) is 12.5. The molecular weight excluding hydrogens is 390 g/mol. The van der Waals surface area contributed by atoms with Crippen molar-refractivity contribution in [3.8, 4) is 11.3 Å². The number of aromatic nitrogens is 2. The number of aryl methyl sites for hydroxylation is 1. The molecule has 1 saturated heterocycles. The molecule has 162 valence electrons. The minimum absolute atomic E-state index is 0.0858. The summed E-state index contributed by atoms with van der Waals surface area (Å²) in [5, 5.41) is 7.79. The highest BCUT2D eigenvalue weighted by molar-refractivity contribution is 5.90. The average Bonchev–Trinajstić information content (AvgIpc) is 3.42. The minimum Gasteiger partial charge on any atom is -0.378 e. The Hall–Kier alpha value is -2.96. The molecule has 0 spiro atoms. The van der Waals surface area contributed by atoms with Crippen molar-refractivity contribution in [2.75, 3.05) is 25.1 Å². The Morgan fingerprint density at radius 2 is 2.06 bits per heavy atom.